The van der Waals surface area contributed by atoms with Gasteiger partial charge in [0.2, 0.25) is 0 Å². The second kappa shape index (κ2) is 24.2. The summed E-state index contributed by atoms with van der Waals surface area (Å²) in [6.07, 6.45) is 23.5. The maximum Gasteiger partial charge on any atom is 0.344 e. The first-order valence-corrected chi connectivity index (χ1v) is 31.8. The van der Waals surface area contributed by atoms with E-state index < -0.39 is 34.5 Å². The Morgan fingerprint density at radius 2 is 1.05 bits per heavy atom. The normalized spacial score (nSPS) is 36.1. The molecule has 0 amide bonds. The highest BCUT2D eigenvalue weighted by atomic mass is 16.6. The quantitative estimate of drug-likeness (QED) is 0.114. The van der Waals surface area contributed by atoms with E-state index in [9.17, 15) is 33.9 Å². The summed E-state index contributed by atoms with van der Waals surface area (Å²) in [5, 5.41) is 10.6. The Morgan fingerprint density at radius 3 is 1.53 bits per heavy atom. The molecule has 0 aromatic carbocycles. The van der Waals surface area contributed by atoms with Gasteiger partial charge in [0.1, 0.15) is 29.0 Å². The summed E-state index contributed by atoms with van der Waals surface area (Å²) in [6, 6.07) is 0. The first-order valence-electron chi connectivity index (χ1n) is 31.8. The van der Waals surface area contributed by atoms with Crippen molar-refractivity contribution in [3.8, 4) is 0 Å². The Hall–Kier alpha value is -3.22. The molecule has 13 fully saturated rings. The molecule has 0 spiro atoms. The molecule has 13 aliphatic rings. The second-order valence-electron chi connectivity index (χ2n) is 30.3. The van der Waals surface area contributed by atoms with Gasteiger partial charge in [0.25, 0.3) is 0 Å². The number of esters is 6. The molecule has 0 aromatic rings. The average molecular weight is 1110 g/mol. The van der Waals surface area contributed by atoms with Crippen LogP contribution in [0.25, 0.3) is 0 Å². The molecule has 13 rings (SSSR count). The van der Waals surface area contributed by atoms with Crippen LogP contribution in [0, 0.1) is 80.8 Å². The Balaban J connectivity index is 0.000000154. The van der Waals surface area contributed by atoms with Crippen molar-refractivity contribution in [2.75, 3.05) is 6.61 Å². The monoisotopic (exact) mass is 1110 g/mol. The summed E-state index contributed by atoms with van der Waals surface area (Å²) in [4.78, 5) is 73.2. The molecule has 11 saturated carbocycles. The van der Waals surface area contributed by atoms with Crippen LogP contribution in [0.3, 0.4) is 0 Å². The van der Waals surface area contributed by atoms with Gasteiger partial charge < -0.3 is 33.5 Å². The van der Waals surface area contributed by atoms with E-state index in [0.717, 1.165) is 102 Å². The molecule has 2 saturated heterocycles. The van der Waals surface area contributed by atoms with Gasteiger partial charge in [-0.05, 0) is 250 Å². The van der Waals surface area contributed by atoms with Crippen LogP contribution in [0.1, 0.15) is 258 Å². The number of carbonyl (C=O) groups is 6. The van der Waals surface area contributed by atoms with Gasteiger partial charge in [-0.2, -0.15) is 0 Å². The predicted octanol–water partition coefficient (Wildman–Crippen LogP) is 13.8. The van der Waals surface area contributed by atoms with Gasteiger partial charge in [0, 0.05) is 12.3 Å². The molecule has 7 unspecified atom stereocenters. The third kappa shape index (κ3) is 13.9. The van der Waals surface area contributed by atoms with E-state index in [1.165, 1.54) is 51.4 Å². The summed E-state index contributed by atoms with van der Waals surface area (Å²) < 4.78 is 34.3. The second-order valence-corrected chi connectivity index (χ2v) is 30.3. The molecular formula is C66H108O13. The number of rotatable bonds is 16. The number of hydrogen-bond acceptors (Lipinski definition) is 13. The van der Waals surface area contributed by atoms with E-state index in [4.69, 9.17) is 28.4 Å². The van der Waals surface area contributed by atoms with Crippen LogP contribution in [0.4, 0.5) is 0 Å². The summed E-state index contributed by atoms with van der Waals surface area (Å²) in [5.41, 5.74) is -2.92. The van der Waals surface area contributed by atoms with E-state index in [-0.39, 0.29) is 76.1 Å². The number of fused-ring (bicyclic) bond motifs is 1. The number of aliphatic hydroxyl groups is 1. The fraction of sp³-hybridized carbons (Fsp3) is 0.909. The molecule has 7 atom stereocenters. The lowest BCUT2D eigenvalue weighted by molar-refractivity contribution is -0.231. The molecule has 13 nitrogen and oxygen atoms in total. The smallest absolute Gasteiger partial charge is 0.344 e. The molecule has 2 aliphatic heterocycles. The van der Waals surface area contributed by atoms with Crippen molar-refractivity contribution in [2.45, 2.75) is 293 Å². The highest BCUT2D eigenvalue weighted by Gasteiger charge is 2.62. The Morgan fingerprint density at radius 1 is 0.582 bits per heavy atom. The van der Waals surface area contributed by atoms with Gasteiger partial charge in [-0.3, -0.25) is 24.0 Å². The Labute approximate surface area is 476 Å². The topological polar surface area (TPSA) is 178 Å². The van der Waals surface area contributed by atoms with Gasteiger partial charge >= 0.3 is 35.8 Å². The highest BCUT2D eigenvalue weighted by Crippen LogP contribution is 2.63. The van der Waals surface area contributed by atoms with Crippen molar-refractivity contribution in [3.05, 3.63) is 0 Å². The summed E-state index contributed by atoms with van der Waals surface area (Å²) >= 11 is 0. The average Bonchev–Trinajstić information content (AvgIpc) is 3.54. The molecule has 450 valence electrons. The number of hydrogen-bond donors (Lipinski definition) is 1. The van der Waals surface area contributed by atoms with Crippen molar-refractivity contribution in [2.24, 2.45) is 80.8 Å². The third-order valence-corrected chi connectivity index (χ3v) is 22.5. The highest BCUT2D eigenvalue weighted by molar-refractivity contribution is 5.80. The van der Waals surface area contributed by atoms with Crippen molar-refractivity contribution >= 4 is 35.8 Å². The summed E-state index contributed by atoms with van der Waals surface area (Å²) in [5.74, 6) is 4.03. The minimum Gasteiger partial charge on any atom is -0.459 e. The third-order valence-electron chi connectivity index (χ3n) is 22.5. The van der Waals surface area contributed by atoms with Crippen molar-refractivity contribution in [1.82, 2.24) is 0 Å². The van der Waals surface area contributed by atoms with Crippen molar-refractivity contribution in [1.29, 1.82) is 0 Å². The molecule has 2 heterocycles. The maximum absolute atomic E-state index is 12.8. The summed E-state index contributed by atoms with van der Waals surface area (Å²) in [7, 11) is 0. The van der Waals surface area contributed by atoms with Gasteiger partial charge in [-0.15, -0.1) is 0 Å². The van der Waals surface area contributed by atoms with Crippen LogP contribution >= 0.6 is 0 Å². The first-order chi connectivity index (χ1) is 36.8. The fourth-order valence-electron chi connectivity index (χ4n) is 16.4. The zero-order valence-corrected chi connectivity index (χ0v) is 52.0. The van der Waals surface area contributed by atoms with Crippen molar-refractivity contribution in [3.63, 3.8) is 0 Å². The summed E-state index contributed by atoms with van der Waals surface area (Å²) in [6.45, 7) is 29.8. The molecule has 0 radical (unpaired) electrons. The minimum absolute atomic E-state index is 0.0197. The molecular weight excluding hydrogens is 1000 g/mol. The Bertz CT molecular complexity index is 2140. The van der Waals surface area contributed by atoms with Crippen LogP contribution in [0.2, 0.25) is 0 Å². The van der Waals surface area contributed by atoms with Gasteiger partial charge in [0.15, 0.2) is 6.61 Å². The Kier molecular flexibility index (Phi) is 19.4. The lowest BCUT2D eigenvalue weighted by Crippen LogP contribution is -2.63. The maximum atomic E-state index is 12.8. The van der Waals surface area contributed by atoms with E-state index in [1.807, 2.05) is 62.3 Å². The zero-order chi connectivity index (χ0) is 58.3. The van der Waals surface area contributed by atoms with E-state index in [1.54, 1.807) is 13.8 Å². The predicted molar refractivity (Wildman–Crippen MR) is 303 cm³/mol. The van der Waals surface area contributed by atoms with E-state index >= 15 is 0 Å². The lowest BCUT2D eigenvalue weighted by Gasteiger charge is -2.62. The molecule has 12 bridgehead atoms. The standard InChI is InChI=1S/C19H32O2.C18H26O6.C16H26O3.C13H24O2/c1-6-18(4,5)17(20)21-19(12(2)3)15-8-13-7-14(10-15)11-16(19)9-13;1-4-18(2,3)17(21)22-9-14(19)24-15-11-5-10-6-12(8-11)16(20)23-13(15)7-10;1-4-14(2,3)13(17)19-16-8-11-5-12(9-16)7-15(18,6-11)10-16;1-5-12(3,4)11(14)15-13(6-2)9-7-8-10-13/h12-16H,6-11H2,1-5H3;10-13,15H,4-9H2,1-3H3;11-12,18H,4-10H2,1-3H3;5-10H2,1-4H3. The zero-order valence-electron chi connectivity index (χ0n) is 52.0. The van der Waals surface area contributed by atoms with Crippen LogP contribution in [-0.4, -0.2) is 82.1 Å². The molecule has 1 N–H and O–H groups in total. The van der Waals surface area contributed by atoms with E-state index in [0.29, 0.717) is 48.3 Å². The molecule has 0 aromatic heterocycles. The number of ether oxygens (including phenoxy) is 6. The first kappa shape index (κ1) is 63.4. The molecule has 11 aliphatic carbocycles. The van der Waals surface area contributed by atoms with Crippen LogP contribution in [0.5, 0.6) is 0 Å². The minimum atomic E-state index is -0.615. The molecule has 13 heteroatoms. The molecule has 79 heavy (non-hydrogen) atoms. The van der Waals surface area contributed by atoms with Gasteiger partial charge in [0.05, 0.1) is 33.2 Å². The van der Waals surface area contributed by atoms with E-state index in [2.05, 4.69) is 27.7 Å². The number of carbonyl (C=O) groups excluding carboxylic acids is 6. The van der Waals surface area contributed by atoms with Gasteiger partial charge in [-0.1, -0.05) is 48.5 Å². The van der Waals surface area contributed by atoms with Crippen LogP contribution < -0.4 is 0 Å². The van der Waals surface area contributed by atoms with Crippen LogP contribution in [0.15, 0.2) is 0 Å². The van der Waals surface area contributed by atoms with Crippen molar-refractivity contribution < 1.29 is 62.3 Å². The lowest BCUT2D eigenvalue weighted by atomic mass is 9.47. The van der Waals surface area contributed by atoms with Crippen LogP contribution in [-0.2, 0) is 57.2 Å². The fourth-order valence-corrected chi connectivity index (χ4v) is 16.4. The van der Waals surface area contributed by atoms with Gasteiger partial charge in [-0.25, -0.2) is 4.79 Å². The largest absolute Gasteiger partial charge is 0.459 e. The SMILES string of the molecule is CCC(C)(C)C(=O)OC1(C(C)C)C2CC3CC(C2)CC1C3.CCC(C)(C)C(=O)OC12CC3CC(CC(O)(C3)C1)C2.CCC(C)(C)C(=O)OCC(=O)OC1C2CC3CC(C2)C(=O)OC1C3.CCC1(OC(=O)C(C)(C)CC)CCCC1.